The van der Waals surface area contributed by atoms with Crippen LogP contribution >= 0.6 is 11.6 Å². The molecular weight excluding hydrogens is 318 g/mol. The molecule has 0 radical (unpaired) electrons. The van der Waals surface area contributed by atoms with Crippen LogP contribution < -0.4 is 10.6 Å². The van der Waals surface area contributed by atoms with Gasteiger partial charge >= 0.3 is 0 Å². The molecule has 2 N–H and O–H groups in total. The van der Waals surface area contributed by atoms with Gasteiger partial charge in [0.2, 0.25) is 0 Å². The molecule has 0 bridgehead atoms. The van der Waals surface area contributed by atoms with Crippen LogP contribution in [0.3, 0.4) is 0 Å². The van der Waals surface area contributed by atoms with Crippen molar-refractivity contribution in [1.29, 1.82) is 0 Å². The van der Waals surface area contributed by atoms with Crippen molar-refractivity contribution in [3.63, 3.8) is 0 Å². The van der Waals surface area contributed by atoms with Crippen LogP contribution in [0.4, 0.5) is 11.4 Å². The Labute approximate surface area is 138 Å². The van der Waals surface area contributed by atoms with Gasteiger partial charge < -0.3 is 10.6 Å². The molecule has 6 nitrogen and oxygen atoms in total. The van der Waals surface area contributed by atoms with Crippen molar-refractivity contribution in [2.75, 3.05) is 12.4 Å². The highest BCUT2D eigenvalue weighted by molar-refractivity contribution is 6.30. The molecule has 7 heteroatoms. The maximum atomic E-state index is 12.3. The summed E-state index contributed by atoms with van der Waals surface area (Å²) in [6, 6.07) is 11.2. The van der Waals surface area contributed by atoms with E-state index in [0.29, 0.717) is 10.7 Å². The summed E-state index contributed by atoms with van der Waals surface area (Å²) in [5, 5.41) is 17.2. The molecule has 0 aliphatic heterocycles. The minimum Gasteiger partial charge on any atom is -0.383 e. The molecule has 0 aliphatic carbocycles. The van der Waals surface area contributed by atoms with Gasteiger partial charge in [-0.2, -0.15) is 0 Å². The average Bonchev–Trinajstić information content (AvgIpc) is 2.54. The van der Waals surface area contributed by atoms with Crippen molar-refractivity contribution in [3.05, 3.63) is 68.7 Å². The van der Waals surface area contributed by atoms with E-state index in [0.717, 1.165) is 5.56 Å². The lowest BCUT2D eigenvalue weighted by atomic mass is 10.1. The number of carbonyl (C=O) groups is 1. The summed E-state index contributed by atoms with van der Waals surface area (Å²) < 4.78 is 0. The summed E-state index contributed by atoms with van der Waals surface area (Å²) in [6.07, 6.45) is 0. The Morgan fingerprint density at radius 3 is 2.61 bits per heavy atom. The van der Waals surface area contributed by atoms with Gasteiger partial charge in [0.15, 0.2) is 0 Å². The lowest BCUT2D eigenvalue weighted by Gasteiger charge is -2.15. The van der Waals surface area contributed by atoms with E-state index >= 15 is 0 Å². The third-order valence-corrected chi connectivity index (χ3v) is 3.66. The molecule has 23 heavy (non-hydrogen) atoms. The lowest BCUT2D eigenvalue weighted by molar-refractivity contribution is -0.384. The van der Waals surface area contributed by atoms with E-state index in [-0.39, 0.29) is 23.2 Å². The van der Waals surface area contributed by atoms with Gasteiger partial charge in [-0.05, 0) is 36.8 Å². The summed E-state index contributed by atoms with van der Waals surface area (Å²) in [7, 11) is 1.59. The summed E-state index contributed by atoms with van der Waals surface area (Å²) >= 11 is 5.94. The molecule has 2 aromatic carbocycles. The fourth-order valence-corrected chi connectivity index (χ4v) is 2.37. The fraction of sp³-hybridized carbons (Fsp3) is 0.188. The largest absolute Gasteiger partial charge is 0.383 e. The molecule has 0 saturated heterocycles. The first-order valence-electron chi connectivity index (χ1n) is 6.95. The van der Waals surface area contributed by atoms with Crippen LogP contribution in [0.15, 0.2) is 42.5 Å². The second-order valence-electron chi connectivity index (χ2n) is 4.99. The van der Waals surface area contributed by atoms with Crippen LogP contribution in [-0.4, -0.2) is 17.9 Å². The number of amides is 1. The molecule has 0 aromatic heterocycles. The number of nitrogens with zero attached hydrogens (tertiary/aromatic N) is 1. The number of nitro benzene ring substituents is 1. The highest BCUT2D eigenvalue weighted by atomic mass is 35.5. The van der Waals surface area contributed by atoms with Gasteiger partial charge in [-0.3, -0.25) is 14.9 Å². The van der Waals surface area contributed by atoms with Gasteiger partial charge in [0.05, 0.1) is 11.0 Å². The Bertz CT molecular complexity index is 749. The van der Waals surface area contributed by atoms with Crippen LogP contribution in [0.25, 0.3) is 0 Å². The number of hydrogen-bond donors (Lipinski definition) is 2. The zero-order valence-corrected chi connectivity index (χ0v) is 13.4. The predicted octanol–water partition coefficient (Wildman–Crippen LogP) is 3.78. The Morgan fingerprint density at radius 1 is 1.26 bits per heavy atom. The zero-order valence-electron chi connectivity index (χ0n) is 12.7. The van der Waals surface area contributed by atoms with Crippen LogP contribution in [0.5, 0.6) is 0 Å². The number of carbonyl (C=O) groups excluding carboxylic acids is 1. The van der Waals surface area contributed by atoms with Gasteiger partial charge in [0.25, 0.3) is 11.6 Å². The van der Waals surface area contributed by atoms with Crippen LogP contribution in [0.1, 0.15) is 28.9 Å². The molecule has 1 atom stereocenters. The molecule has 120 valence electrons. The Kier molecular flexibility index (Phi) is 5.18. The molecular formula is C16H16ClN3O3. The van der Waals surface area contributed by atoms with Gasteiger partial charge in [0.1, 0.15) is 5.69 Å². The predicted molar refractivity (Wildman–Crippen MR) is 90.0 cm³/mol. The first-order valence-corrected chi connectivity index (χ1v) is 7.32. The first kappa shape index (κ1) is 16.8. The smallest absolute Gasteiger partial charge is 0.293 e. The first-order chi connectivity index (χ1) is 10.9. The quantitative estimate of drug-likeness (QED) is 0.644. The second kappa shape index (κ2) is 7.11. The van der Waals surface area contributed by atoms with E-state index in [1.165, 1.54) is 12.1 Å². The molecule has 2 rings (SSSR count). The normalized spacial score (nSPS) is 11.6. The number of halogens is 1. The minimum atomic E-state index is -0.525. The molecule has 0 aliphatic rings. The summed E-state index contributed by atoms with van der Waals surface area (Å²) in [5.41, 5.74) is 1.29. The third-order valence-electron chi connectivity index (χ3n) is 3.42. The number of hydrogen-bond acceptors (Lipinski definition) is 4. The van der Waals surface area contributed by atoms with Crippen molar-refractivity contribution in [2.45, 2.75) is 13.0 Å². The summed E-state index contributed by atoms with van der Waals surface area (Å²) in [6.45, 7) is 1.82. The van der Waals surface area contributed by atoms with Crippen molar-refractivity contribution in [1.82, 2.24) is 5.32 Å². The standard InChI is InChI=1S/C16H16ClN3O3/c1-10(11-4-3-5-13(17)8-11)19-16(21)12-6-7-14(18-2)15(9-12)20(22)23/h3-10,18H,1-2H3,(H,19,21)/t10-/m0/s1. The van der Waals surface area contributed by atoms with Crippen LogP contribution in [0.2, 0.25) is 5.02 Å². The highest BCUT2D eigenvalue weighted by Crippen LogP contribution is 2.25. The summed E-state index contributed by atoms with van der Waals surface area (Å²) in [5.74, 6) is -0.386. The number of rotatable bonds is 5. The van der Waals surface area contributed by atoms with Crippen molar-refractivity contribution in [2.24, 2.45) is 0 Å². The number of benzene rings is 2. The summed E-state index contributed by atoms with van der Waals surface area (Å²) in [4.78, 5) is 22.8. The molecule has 1 amide bonds. The van der Waals surface area contributed by atoms with Gasteiger partial charge in [-0.15, -0.1) is 0 Å². The van der Waals surface area contributed by atoms with E-state index < -0.39 is 4.92 Å². The third kappa shape index (κ3) is 3.98. The van der Waals surface area contributed by atoms with Gasteiger partial charge in [0, 0.05) is 23.7 Å². The molecule has 2 aromatic rings. The van der Waals surface area contributed by atoms with E-state index in [9.17, 15) is 14.9 Å². The van der Waals surface area contributed by atoms with E-state index in [1.54, 1.807) is 31.3 Å². The Hall–Kier alpha value is -2.60. The second-order valence-corrected chi connectivity index (χ2v) is 5.43. The zero-order chi connectivity index (χ0) is 17.0. The van der Waals surface area contributed by atoms with Crippen molar-refractivity contribution >= 4 is 28.9 Å². The molecule has 0 unspecified atom stereocenters. The maximum absolute atomic E-state index is 12.3. The Morgan fingerprint density at radius 2 is 2.00 bits per heavy atom. The molecule has 0 saturated carbocycles. The van der Waals surface area contributed by atoms with Crippen molar-refractivity contribution in [3.8, 4) is 0 Å². The highest BCUT2D eigenvalue weighted by Gasteiger charge is 2.18. The molecule has 0 fully saturated rings. The van der Waals surface area contributed by atoms with E-state index in [4.69, 9.17) is 11.6 Å². The van der Waals surface area contributed by atoms with Crippen LogP contribution in [0, 0.1) is 10.1 Å². The SMILES string of the molecule is CNc1ccc(C(=O)N[C@@H](C)c2cccc(Cl)c2)cc1[N+](=O)[O-]. The van der Waals surface area contributed by atoms with E-state index in [1.807, 2.05) is 13.0 Å². The number of nitro groups is 1. The number of nitrogens with one attached hydrogen (secondary N) is 2. The monoisotopic (exact) mass is 333 g/mol. The minimum absolute atomic E-state index is 0.143. The van der Waals surface area contributed by atoms with Gasteiger partial charge in [-0.1, -0.05) is 23.7 Å². The Balaban J connectivity index is 2.20. The van der Waals surface area contributed by atoms with E-state index in [2.05, 4.69) is 10.6 Å². The topological polar surface area (TPSA) is 84.3 Å². The molecule has 0 heterocycles. The fourth-order valence-electron chi connectivity index (χ4n) is 2.17. The lowest BCUT2D eigenvalue weighted by Crippen LogP contribution is -2.26. The van der Waals surface area contributed by atoms with Gasteiger partial charge in [-0.25, -0.2) is 0 Å². The molecule has 0 spiro atoms. The average molecular weight is 334 g/mol. The maximum Gasteiger partial charge on any atom is 0.293 e. The van der Waals surface area contributed by atoms with Crippen LogP contribution in [-0.2, 0) is 0 Å². The number of anilines is 1. The van der Waals surface area contributed by atoms with Crippen molar-refractivity contribution < 1.29 is 9.72 Å².